The Balaban J connectivity index is 1.49. The van der Waals surface area contributed by atoms with Gasteiger partial charge in [0.05, 0.1) is 0 Å². The van der Waals surface area contributed by atoms with Gasteiger partial charge < -0.3 is 0 Å². The lowest BCUT2D eigenvalue weighted by atomic mass is 9.92. The Kier molecular flexibility index (Phi) is 9.07. The molecule has 0 saturated heterocycles. The summed E-state index contributed by atoms with van der Waals surface area (Å²) >= 11 is 3.82. The van der Waals surface area contributed by atoms with Crippen molar-refractivity contribution in [1.29, 1.82) is 0 Å². The van der Waals surface area contributed by atoms with Gasteiger partial charge in [-0.15, -0.1) is 22.7 Å². The van der Waals surface area contributed by atoms with Crippen LogP contribution in [0.2, 0.25) is 0 Å². The molecular weight excluding hydrogens is 497 g/mol. The van der Waals surface area contributed by atoms with Crippen molar-refractivity contribution in [3.63, 3.8) is 0 Å². The molecule has 0 fully saturated rings. The minimum Gasteiger partial charge on any atom is -0.139 e. The van der Waals surface area contributed by atoms with Crippen molar-refractivity contribution in [1.82, 2.24) is 0 Å². The molecule has 0 amide bonds. The van der Waals surface area contributed by atoms with E-state index in [4.69, 9.17) is 0 Å². The number of hydrogen-bond donors (Lipinski definition) is 0. The van der Waals surface area contributed by atoms with Crippen LogP contribution in [0.4, 0.5) is 0 Å². The fourth-order valence-corrected chi connectivity index (χ4v) is 6.80. The molecule has 0 bridgehead atoms. The van der Waals surface area contributed by atoms with E-state index in [2.05, 4.69) is 140 Å². The summed E-state index contributed by atoms with van der Waals surface area (Å²) in [6, 6.07) is 24.8. The van der Waals surface area contributed by atoms with E-state index in [1.807, 2.05) is 22.7 Å². The molecule has 2 aromatic heterocycles. The van der Waals surface area contributed by atoms with Gasteiger partial charge in [0, 0.05) is 31.3 Å². The van der Waals surface area contributed by atoms with Crippen LogP contribution in [0.1, 0.15) is 84.0 Å². The van der Waals surface area contributed by atoms with E-state index in [9.17, 15) is 0 Å². The maximum atomic E-state index is 2.35. The molecule has 0 nitrogen and oxygen atoms in total. The van der Waals surface area contributed by atoms with E-state index in [1.54, 1.807) is 0 Å². The van der Waals surface area contributed by atoms with Crippen LogP contribution in [0.5, 0.6) is 0 Å². The summed E-state index contributed by atoms with van der Waals surface area (Å²) in [7, 11) is 0. The van der Waals surface area contributed by atoms with Gasteiger partial charge in [0.15, 0.2) is 0 Å². The Morgan fingerprint density at radius 3 is 1.89 bits per heavy atom. The number of benzene rings is 2. The summed E-state index contributed by atoms with van der Waals surface area (Å²) in [6.07, 6.45) is 6.91. The standard InChI is InChI=1S/C36H40S2/c1-23-9-15-31(16-10-23)29(7)26(4)14-13-25(3)27(5)21-35-28(6)22-36(38-35)34-20-19-33(37-34)30(8)32-17-11-24(2)12-18-32/h9-22,29-30H,1-8H3/b25-13+,26-14+,27-21+/t29-,30?/m0/s1. The lowest BCUT2D eigenvalue weighted by Crippen LogP contribution is -1.95. The summed E-state index contributed by atoms with van der Waals surface area (Å²) < 4.78 is 0. The molecule has 2 atom stereocenters. The van der Waals surface area contributed by atoms with Crippen molar-refractivity contribution in [3.8, 4) is 9.75 Å². The van der Waals surface area contributed by atoms with Gasteiger partial charge in [-0.2, -0.15) is 0 Å². The average Bonchev–Trinajstić information content (AvgIpc) is 3.54. The molecule has 0 radical (unpaired) electrons. The minimum atomic E-state index is 0.412. The maximum absolute atomic E-state index is 2.35. The van der Waals surface area contributed by atoms with Gasteiger partial charge >= 0.3 is 0 Å². The first-order valence-corrected chi connectivity index (χ1v) is 15.1. The summed E-state index contributed by atoms with van der Waals surface area (Å²) in [4.78, 5) is 5.49. The summed E-state index contributed by atoms with van der Waals surface area (Å²) in [6.45, 7) is 17.8. The molecule has 2 heterocycles. The van der Waals surface area contributed by atoms with Crippen LogP contribution in [0.3, 0.4) is 0 Å². The molecule has 0 saturated carbocycles. The number of allylic oxidation sites excluding steroid dienone is 5. The molecule has 0 aliphatic heterocycles. The number of aryl methyl sites for hydroxylation is 3. The lowest BCUT2D eigenvalue weighted by Gasteiger charge is -2.13. The molecule has 1 unspecified atom stereocenters. The normalized spacial score (nSPS) is 14.6. The van der Waals surface area contributed by atoms with Crippen molar-refractivity contribution >= 4 is 28.7 Å². The van der Waals surface area contributed by atoms with Crippen LogP contribution in [-0.4, -0.2) is 0 Å². The molecule has 0 aliphatic carbocycles. The second-order valence-corrected chi connectivity index (χ2v) is 12.9. The molecule has 0 N–H and O–H groups in total. The van der Waals surface area contributed by atoms with E-state index in [1.165, 1.54) is 64.0 Å². The van der Waals surface area contributed by atoms with Crippen molar-refractivity contribution in [2.24, 2.45) is 0 Å². The maximum Gasteiger partial charge on any atom is 0.0451 e. The zero-order valence-corrected chi connectivity index (χ0v) is 25.7. The Bertz CT molecular complexity index is 1470. The monoisotopic (exact) mass is 536 g/mol. The second kappa shape index (κ2) is 12.3. The van der Waals surface area contributed by atoms with Crippen LogP contribution in [0.15, 0.2) is 95.6 Å². The van der Waals surface area contributed by atoms with Crippen molar-refractivity contribution in [2.75, 3.05) is 0 Å². The predicted octanol–water partition coefficient (Wildman–Crippen LogP) is 11.7. The molecular formula is C36H40S2. The van der Waals surface area contributed by atoms with Crippen LogP contribution in [0, 0.1) is 20.8 Å². The van der Waals surface area contributed by atoms with E-state index in [-0.39, 0.29) is 0 Å². The summed E-state index contributed by atoms with van der Waals surface area (Å²) in [5.74, 6) is 0.825. The van der Waals surface area contributed by atoms with Crippen LogP contribution < -0.4 is 0 Å². The van der Waals surface area contributed by atoms with Gasteiger partial charge in [-0.1, -0.05) is 91.2 Å². The fraction of sp³-hybridized carbons (Fsp3) is 0.278. The third-order valence-electron chi connectivity index (χ3n) is 7.66. The average molecular weight is 537 g/mol. The number of thiophene rings is 2. The Morgan fingerprint density at radius 2 is 1.26 bits per heavy atom. The van der Waals surface area contributed by atoms with Gasteiger partial charge in [-0.3, -0.25) is 0 Å². The van der Waals surface area contributed by atoms with E-state index < -0.39 is 0 Å². The van der Waals surface area contributed by atoms with Gasteiger partial charge in [0.2, 0.25) is 0 Å². The zero-order chi connectivity index (χ0) is 27.4. The first-order valence-electron chi connectivity index (χ1n) is 13.5. The quantitative estimate of drug-likeness (QED) is 0.196. The molecule has 2 aromatic carbocycles. The third-order valence-corrected chi connectivity index (χ3v) is 10.3. The molecule has 196 valence electrons. The smallest absolute Gasteiger partial charge is 0.0451 e. The Morgan fingerprint density at radius 1 is 0.658 bits per heavy atom. The first kappa shape index (κ1) is 28.1. The number of hydrogen-bond acceptors (Lipinski definition) is 2. The van der Waals surface area contributed by atoms with Gasteiger partial charge in [0.1, 0.15) is 0 Å². The van der Waals surface area contributed by atoms with E-state index in [0.717, 1.165) is 0 Å². The van der Waals surface area contributed by atoms with Crippen molar-refractivity contribution in [3.05, 3.63) is 133 Å². The highest BCUT2D eigenvalue weighted by Gasteiger charge is 2.14. The second-order valence-electron chi connectivity index (χ2n) is 10.7. The molecule has 0 spiro atoms. The minimum absolute atomic E-state index is 0.412. The topological polar surface area (TPSA) is 0 Å². The Labute approximate surface area is 238 Å². The largest absolute Gasteiger partial charge is 0.139 e. The first-order chi connectivity index (χ1) is 18.1. The summed E-state index contributed by atoms with van der Waals surface area (Å²) in [5, 5.41) is 0. The lowest BCUT2D eigenvalue weighted by molar-refractivity contribution is 0.893. The van der Waals surface area contributed by atoms with Crippen LogP contribution in [-0.2, 0) is 0 Å². The Hall–Kier alpha value is -2.94. The number of rotatable bonds is 8. The highest BCUT2D eigenvalue weighted by Crippen LogP contribution is 2.40. The zero-order valence-electron chi connectivity index (χ0n) is 24.1. The van der Waals surface area contributed by atoms with E-state index in [0.29, 0.717) is 11.8 Å². The van der Waals surface area contributed by atoms with Crippen LogP contribution in [0.25, 0.3) is 15.8 Å². The van der Waals surface area contributed by atoms with Gasteiger partial charge in [0.25, 0.3) is 0 Å². The summed E-state index contributed by atoms with van der Waals surface area (Å²) in [5.41, 5.74) is 10.7. The van der Waals surface area contributed by atoms with Crippen molar-refractivity contribution < 1.29 is 0 Å². The molecule has 38 heavy (non-hydrogen) atoms. The fourth-order valence-electron chi connectivity index (χ4n) is 4.46. The molecule has 4 rings (SSSR count). The van der Waals surface area contributed by atoms with E-state index >= 15 is 0 Å². The SMILES string of the molecule is CC(=C\C=C(/C)[C@H](C)c1ccc(C)cc1)/C(C)=C/c1sc(-c2ccc(C(C)c3ccc(C)cc3)s2)cc1C. The molecule has 0 aliphatic rings. The highest BCUT2D eigenvalue weighted by atomic mass is 32.1. The van der Waals surface area contributed by atoms with Crippen LogP contribution >= 0.6 is 22.7 Å². The molecule has 2 heteroatoms. The third kappa shape index (κ3) is 6.73. The predicted molar refractivity (Wildman–Crippen MR) is 172 cm³/mol. The van der Waals surface area contributed by atoms with Gasteiger partial charge in [-0.25, -0.2) is 0 Å². The van der Waals surface area contributed by atoms with Gasteiger partial charge in [-0.05, 0) is 93.7 Å². The van der Waals surface area contributed by atoms with Crippen molar-refractivity contribution in [2.45, 2.75) is 67.2 Å². The molecule has 4 aromatic rings. The highest BCUT2D eigenvalue weighted by molar-refractivity contribution is 7.22.